The molecule has 2 aromatic rings. The molecule has 0 spiro atoms. The van der Waals surface area contributed by atoms with E-state index in [-0.39, 0.29) is 36.7 Å². The summed E-state index contributed by atoms with van der Waals surface area (Å²) in [7, 11) is 0. The van der Waals surface area contributed by atoms with Crippen molar-refractivity contribution in [3.05, 3.63) is 59.4 Å². The number of hydrogen-bond acceptors (Lipinski definition) is 3. The number of carbonyl (C=O) groups excluding carboxylic acids is 2. The maximum Gasteiger partial charge on any atom is 0.258 e. The van der Waals surface area contributed by atoms with Gasteiger partial charge in [0.2, 0.25) is 5.91 Å². The van der Waals surface area contributed by atoms with Crippen molar-refractivity contribution in [1.82, 2.24) is 5.32 Å². The number of ether oxygens (including phenoxy) is 1. The second-order valence-electron chi connectivity index (χ2n) is 5.69. The fourth-order valence-electron chi connectivity index (χ4n) is 2.62. The lowest BCUT2D eigenvalue weighted by atomic mass is 10.2. The maximum atomic E-state index is 13.0. The number of rotatable bonds is 5. The first-order valence-electron chi connectivity index (χ1n) is 7.75. The first kappa shape index (κ1) is 17.2. The van der Waals surface area contributed by atoms with E-state index in [1.165, 1.54) is 17.0 Å². The Bertz CT molecular complexity index is 765. The van der Waals surface area contributed by atoms with Crippen molar-refractivity contribution in [2.75, 3.05) is 18.1 Å². The van der Waals surface area contributed by atoms with E-state index < -0.39 is 0 Å². The van der Waals surface area contributed by atoms with Crippen molar-refractivity contribution in [2.45, 2.75) is 12.5 Å². The van der Waals surface area contributed by atoms with E-state index in [9.17, 15) is 14.0 Å². The first-order valence-corrected chi connectivity index (χ1v) is 8.13. The smallest absolute Gasteiger partial charge is 0.258 e. The van der Waals surface area contributed by atoms with Gasteiger partial charge in [-0.3, -0.25) is 9.59 Å². The van der Waals surface area contributed by atoms with Gasteiger partial charge in [0.05, 0.1) is 6.04 Å². The fraction of sp³-hybridized carbons (Fsp3) is 0.222. The van der Waals surface area contributed by atoms with Crippen LogP contribution in [0.5, 0.6) is 5.75 Å². The molecule has 0 aliphatic carbocycles. The number of nitrogens with zero attached hydrogens (tertiary/aromatic N) is 1. The lowest BCUT2D eigenvalue weighted by Gasteiger charge is -2.17. The molecule has 0 saturated carbocycles. The molecule has 1 atom stereocenters. The molecule has 1 N–H and O–H groups in total. The lowest BCUT2D eigenvalue weighted by molar-refractivity contribution is -0.123. The van der Waals surface area contributed by atoms with Gasteiger partial charge in [0, 0.05) is 23.7 Å². The average molecular weight is 363 g/mol. The summed E-state index contributed by atoms with van der Waals surface area (Å²) >= 11 is 5.78. The third-order valence-corrected chi connectivity index (χ3v) is 4.06. The van der Waals surface area contributed by atoms with Crippen molar-refractivity contribution in [3.8, 4) is 5.75 Å². The van der Waals surface area contributed by atoms with Gasteiger partial charge < -0.3 is 15.0 Å². The second kappa shape index (κ2) is 7.53. The molecule has 1 fully saturated rings. The zero-order valence-corrected chi connectivity index (χ0v) is 14.0. The summed E-state index contributed by atoms with van der Waals surface area (Å²) in [6, 6.07) is 12.1. The number of nitrogens with one attached hydrogen (secondary N) is 1. The normalized spacial score (nSPS) is 16.8. The van der Waals surface area contributed by atoms with Crippen LogP contribution in [0.2, 0.25) is 5.02 Å². The highest BCUT2D eigenvalue weighted by molar-refractivity contribution is 6.30. The van der Waals surface area contributed by atoms with Crippen molar-refractivity contribution in [2.24, 2.45) is 0 Å². The predicted octanol–water partition coefficient (Wildman–Crippen LogP) is 2.78. The molecule has 0 aromatic heterocycles. The Labute approximate surface area is 149 Å². The molecular formula is C18H16ClFN2O3. The third-order valence-electron chi connectivity index (χ3n) is 3.81. The van der Waals surface area contributed by atoms with Crippen LogP contribution in [0.3, 0.4) is 0 Å². The number of anilines is 1. The zero-order valence-electron chi connectivity index (χ0n) is 13.2. The number of halogens is 2. The summed E-state index contributed by atoms with van der Waals surface area (Å²) in [5, 5.41) is 3.36. The van der Waals surface area contributed by atoms with Gasteiger partial charge in [0.15, 0.2) is 6.61 Å². The van der Waals surface area contributed by atoms with Gasteiger partial charge in [0.25, 0.3) is 5.91 Å². The van der Waals surface area contributed by atoms with Crippen LogP contribution in [0.15, 0.2) is 48.5 Å². The van der Waals surface area contributed by atoms with Crippen LogP contribution in [0.25, 0.3) is 0 Å². The van der Waals surface area contributed by atoms with Crippen LogP contribution in [-0.2, 0) is 9.59 Å². The van der Waals surface area contributed by atoms with Crippen LogP contribution in [0, 0.1) is 5.82 Å². The van der Waals surface area contributed by atoms with E-state index in [1.54, 1.807) is 36.4 Å². The molecule has 5 nitrogen and oxygen atoms in total. The van der Waals surface area contributed by atoms with Crippen molar-refractivity contribution in [3.63, 3.8) is 0 Å². The number of benzene rings is 2. The molecule has 1 saturated heterocycles. The van der Waals surface area contributed by atoms with Crippen LogP contribution >= 0.6 is 11.6 Å². The van der Waals surface area contributed by atoms with E-state index in [0.29, 0.717) is 23.0 Å². The predicted molar refractivity (Wildman–Crippen MR) is 92.2 cm³/mol. The average Bonchev–Trinajstić information content (AvgIpc) is 2.95. The summed E-state index contributed by atoms with van der Waals surface area (Å²) in [5.74, 6) is -0.251. The van der Waals surface area contributed by atoms with Gasteiger partial charge >= 0.3 is 0 Å². The Morgan fingerprint density at radius 2 is 1.88 bits per heavy atom. The maximum absolute atomic E-state index is 13.0. The second-order valence-corrected chi connectivity index (χ2v) is 6.13. The minimum Gasteiger partial charge on any atom is -0.484 e. The first-order chi connectivity index (χ1) is 12.0. The van der Waals surface area contributed by atoms with E-state index in [2.05, 4.69) is 5.32 Å². The van der Waals surface area contributed by atoms with Crippen LogP contribution in [-0.4, -0.2) is 31.0 Å². The van der Waals surface area contributed by atoms with Crippen molar-refractivity contribution >= 4 is 29.1 Å². The van der Waals surface area contributed by atoms with Gasteiger partial charge in [-0.15, -0.1) is 0 Å². The number of carbonyl (C=O) groups is 2. The highest BCUT2D eigenvalue weighted by Crippen LogP contribution is 2.22. The van der Waals surface area contributed by atoms with E-state index in [1.807, 2.05) is 0 Å². The Morgan fingerprint density at radius 3 is 2.56 bits per heavy atom. The van der Waals surface area contributed by atoms with E-state index in [0.717, 1.165) is 0 Å². The Balaban J connectivity index is 1.51. The molecule has 1 unspecified atom stereocenters. The summed E-state index contributed by atoms with van der Waals surface area (Å²) in [6.45, 7) is 0.194. The quantitative estimate of drug-likeness (QED) is 0.889. The molecule has 1 aliphatic rings. The summed E-state index contributed by atoms with van der Waals surface area (Å²) in [6.07, 6.45) is 0.198. The van der Waals surface area contributed by atoms with E-state index in [4.69, 9.17) is 16.3 Å². The van der Waals surface area contributed by atoms with Gasteiger partial charge in [-0.1, -0.05) is 11.6 Å². The monoisotopic (exact) mass is 362 g/mol. The third kappa shape index (κ3) is 4.48. The highest BCUT2D eigenvalue weighted by Gasteiger charge is 2.31. The summed E-state index contributed by atoms with van der Waals surface area (Å²) in [5.41, 5.74) is 0.612. The molecule has 2 amide bonds. The van der Waals surface area contributed by atoms with Crippen LogP contribution in [0.4, 0.5) is 10.1 Å². The van der Waals surface area contributed by atoms with Gasteiger partial charge in [-0.25, -0.2) is 4.39 Å². The SMILES string of the molecule is O=C(COc1ccc(Cl)cc1)NC1CC(=O)N(c2ccc(F)cc2)C1. The fourth-order valence-corrected chi connectivity index (χ4v) is 2.75. The highest BCUT2D eigenvalue weighted by atomic mass is 35.5. The van der Waals surface area contributed by atoms with Crippen molar-refractivity contribution in [1.29, 1.82) is 0 Å². The minimum absolute atomic E-state index is 0.115. The Hall–Kier alpha value is -2.60. The molecule has 2 aromatic carbocycles. The van der Waals surface area contributed by atoms with Gasteiger partial charge in [-0.2, -0.15) is 0 Å². The number of amides is 2. The molecule has 1 aliphatic heterocycles. The molecule has 0 bridgehead atoms. The van der Waals surface area contributed by atoms with E-state index >= 15 is 0 Å². The standard InChI is InChI=1S/C18H16ClFN2O3/c19-12-1-7-16(8-2-12)25-11-17(23)21-14-9-18(24)22(10-14)15-5-3-13(20)4-6-15/h1-8,14H,9-11H2,(H,21,23). The minimum atomic E-state index is -0.361. The lowest BCUT2D eigenvalue weighted by Crippen LogP contribution is -2.39. The van der Waals surface area contributed by atoms with Gasteiger partial charge in [0.1, 0.15) is 11.6 Å². The zero-order chi connectivity index (χ0) is 17.8. The van der Waals surface area contributed by atoms with Crippen LogP contribution in [0.1, 0.15) is 6.42 Å². The summed E-state index contributed by atoms with van der Waals surface area (Å²) in [4.78, 5) is 25.6. The summed E-state index contributed by atoms with van der Waals surface area (Å²) < 4.78 is 18.4. The van der Waals surface area contributed by atoms with Crippen molar-refractivity contribution < 1.29 is 18.7 Å². The van der Waals surface area contributed by atoms with Gasteiger partial charge in [-0.05, 0) is 48.5 Å². The largest absolute Gasteiger partial charge is 0.484 e. The Kier molecular flexibility index (Phi) is 5.19. The topological polar surface area (TPSA) is 58.6 Å². The molecule has 3 rings (SSSR count). The molecule has 7 heteroatoms. The Morgan fingerprint density at radius 1 is 1.20 bits per heavy atom. The molecule has 1 heterocycles. The molecule has 25 heavy (non-hydrogen) atoms. The molecule has 130 valence electrons. The number of hydrogen-bond donors (Lipinski definition) is 1. The van der Waals surface area contributed by atoms with Crippen LogP contribution < -0.4 is 15.0 Å². The molecule has 0 radical (unpaired) electrons. The molecular weight excluding hydrogens is 347 g/mol.